The van der Waals surface area contributed by atoms with E-state index in [0.717, 1.165) is 27.7 Å². The predicted octanol–water partition coefficient (Wildman–Crippen LogP) is 5.99. The summed E-state index contributed by atoms with van der Waals surface area (Å²) < 4.78 is 1.09. The molecule has 3 rings (SSSR count). The molecule has 1 aliphatic rings. The Kier molecular flexibility index (Phi) is 5.15. The molecule has 1 saturated carbocycles. The van der Waals surface area contributed by atoms with Crippen LogP contribution in [-0.2, 0) is 0 Å². The Morgan fingerprint density at radius 2 is 1.87 bits per heavy atom. The Balaban J connectivity index is 1.89. The van der Waals surface area contributed by atoms with Crippen molar-refractivity contribution in [2.75, 3.05) is 5.32 Å². The second kappa shape index (κ2) is 7.29. The minimum Gasteiger partial charge on any atom is -0.350 e. The van der Waals surface area contributed by atoms with Crippen molar-refractivity contribution in [3.05, 3.63) is 61.7 Å². The monoisotopic (exact) mass is 422 g/mol. The van der Waals surface area contributed by atoms with Crippen LogP contribution in [0.15, 0.2) is 42.5 Å². The van der Waals surface area contributed by atoms with Crippen LogP contribution in [0.5, 0.6) is 0 Å². The van der Waals surface area contributed by atoms with Gasteiger partial charge >= 0.3 is 0 Å². The third kappa shape index (κ3) is 4.02. The van der Waals surface area contributed by atoms with Crippen LogP contribution in [0.25, 0.3) is 0 Å². The molecule has 0 radical (unpaired) electrons. The lowest BCUT2D eigenvalue weighted by Crippen LogP contribution is -2.06. The molecular weight excluding hydrogens is 403 g/mol. The lowest BCUT2D eigenvalue weighted by atomic mass is 9.84. The Morgan fingerprint density at radius 3 is 2.57 bits per heavy atom. The number of benzene rings is 2. The number of nitrogens with zero attached hydrogens (tertiary/aromatic N) is 1. The molecule has 2 aromatic rings. The largest absolute Gasteiger partial charge is 0.350 e. The van der Waals surface area contributed by atoms with Crippen molar-refractivity contribution in [2.24, 2.45) is 0 Å². The zero-order valence-electron chi connectivity index (χ0n) is 12.8. The lowest BCUT2D eigenvalue weighted by molar-refractivity contribution is -0.384. The molecular formula is C18H19IN2O2. The van der Waals surface area contributed by atoms with Crippen LogP contribution in [0.1, 0.15) is 43.6 Å². The van der Waals surface area contributed by atoms with Crippen molar-refractivity contribution >= 4 is 39.7 Å². The first-order valence-corrected chi connectivity index (χ1v) is 9.02. The first-order valence-electron chi connectivity index (χ1n) is 7.94. The van der Waals surface area contributed by atoms with Crippen molar-refractivity contribution < 1.29 is 4.92 Å². The molecule has 0 spiro atoms. The Labute approximate surface area is 149 Å². The molecule has 0 amide bonds. The normalized spacial score (nSPS) is 15.3. The fraction of sp³-hybridized carbons (Fsp3) is 0.333. The number of hydrogen-bond donors (Lipinski definition) is 1. The van der Waals surface area contributed by atoms with Gasteiger partial charge in [-0.1, -0.05) is 31.4 Å². The molecule has 5 heteroatoms. The molecule has 120 valence electrons. The molecule has 1 aliphatic carbocycles. The summed E-state index contributed by atoms with van der Waals surface area (Å²) in [6.07, 6.45) is 6.01. The van der Waals surface area contributed by atoms with Crippen LogP contribution < -0.4 is 5.32 Å². The highest BCUT2D eigenvalue weighted by Crippen LogP contribution is 2.37. The summed E-state index contributed by atoms with van der Waals surface area (Å²) >= 11 is 2.23. The van der Waals surface area contributed by atoms with E-state index in [4.69, 9.17) is 0 Å². The first kappa shape index (κ1) is 16.2. The summed E-state index contributed by atoms with van der Waals surface area (Å²) in [4.78, 5) is 11.2. The maximum Gasteiger partial charge on any atom is 0.292 e. The van der Waals surface area contributed by atoms with E-state index in [-0.39, 0.29) is 10.6 Å². The number of hydrogen-bond acceptors (Lipinski definition) is 3. The van der Waals surface area contributed by atoms with Crippen molar-refractivity contribution in [3.8, 4) is 0 Å². The summed E-state index contributed by atoms with van der Waals surface area (Å²) in [7, 11) is 0. The fourth-order valence-electron chi connectivity index (χ4n) is 3.22. The molecule has 1 fully saturated rings. The quantitative estimate of drug-likeness (QED) is 0.374. The summed E-state index contributed by atoms with van der Waals surface area (Å²) in [5, 5.41) is 14.7. The predicted molar refractivity (Wildman–Crippen MR) is 101 cm³/mol. The van der Waals surface area contributed by atoms with Crippen LogP contribution in [-0.4, -0.2) is 4.92 Å². The average molecular weight is 422 g/mol. The van der Waals surface area contributed by atoms with Crippen LogP contribution in [0, 0.1) is 13.7 Å². The van der Waals surface area contributed by atoms with E-state index in [0.29, 0.717) is 11.6 Å². The van der Waals surface area contributed by atoms with E-state index in [2.05, 4.69) is 27.9 Å². The summed E-state index contributed by atoms with van der Waals surface area (Å²) in [6.45, 7) is 0. The summed E-state index contributed by atoms with van der Waals surface area (Å²) in [5.41, 5.74) is 2.68. The maximum absolute atomic E-state index is 11.5. The smallest absolute Gasteiger partial charge is 0.292 e. The number of nitro benzene ring substituents is 1. The Bertz CT molecular complexity index is 712. The molecule has 0 heterocycles. The van der Waals surface area contributed by atoms with Crippen LogP contribution in [0.2, 0.25) is 0 Å². The van der Waals surface area contributed by atoms with E-state index in [1.807, 2.05) is 36.4 Å². The number of nitro groups is 1. The highest BCUT2D eigenvalue weighted by atomic mass is 127. The zero-order valence-corrected chi connectivity index (χ0v) is 15.0. The molecule has 0 saturated heterocycles. The second-order valence-electron chi connectivity index (χ2n) is 6.00. The summed E-state index contributed by atoms with van der Waals surface area (Å²) in [6, 6.07) is 13.5. The van der Waals surface area contributed by atoms with Crippen molar-refractivity contribution in [1.29, 1.82) is 0 Å². The minimum absolute atomic E-state index is 0.159. The van der Waals surface area contributed by atoms with E-state index >= 15 is 0 Å². The van der Waals surface area contributed by atoms with Gasteiger partial charge in [0.05, 0.1) is 4.92 Å². The SMILES string of the molecule is O=[N+]([O-])c1cc(C2CCCCC2)ccc1Nc1cccc(I)c1. The highest BCUT2D eigenvalue weighted by molar-refractivity contribution is 14.1. The van der Waals surface area contributed by atoms with Gasteiger partial charge in [-0.15, -0.1) is 0 Å². The lowest BCUT2D eigenvalue weighted by Gasteiger charge is -2.22. The van der Waals surface area contributed by atoms with Gasteiger partial charge in [0.25, 0.3) is 5.69 Å². The number of anilines is 2. The molecule has 23 heavy (non-hydrogen) atoms. The van der Waals surface area contributed by atoms with Crippen molar-refractivity contribution in [2.45, 2.75) is 38.0 Å². The van der Waals surface area contributed by atoms with Crippen LogP contribution in [0.4, 0.5) is 17.1 Å². The van der Waals surface area contributed by atoms with E-state index in [9.17, 15) is 10.1 Å². The minimum atomic E-state index is -0.289. The maximum atomic E-state index is 11.5. The third-order valence-corrected chi connectivity index (χ3v) is 5.07. The van der Waals surface area contributed by atoms with Gasteiger partial charge in [-0.2, -0.15) is 0 Å². The van der Waals surface area contributed by atoms with Gasteiger partial charge in [0.2, 0.25) is 0 Å². The molecule has 0 atom stereocenters. The van der Waals surface area contributed by atoms with Crippen molar-refractivity contribution in [1.82, 2.24) is 0 Å². The Morgan fingerprint density at radius 1 is 1.09 bits per heavy atom. The Hall–Kier alpha value is -1.63. The van der Waals surface area contributed by atoms with Crippen LogP contribution >= 0.6 is 22.6 Å². The third-order valence-electron chi connectivity index (χ3n) is 4.40. The van der Waals surface area contributed by atoms with E-state index in [1.165, 1.54) is 19.3 Å². The van der Waals surface area contributed by atoms with Gasteiger partial charge in [0.15, 0.2) is 0 Å². The number of nitrogens with one attached hydrogen (secondary N) is 1. The molecule has 0 unspecified atom stereocenters. The van der Waals surface area contributed by atoms with Gasteiger partial charge in [0.1, 0.15) is 5.69 Å². The van der Waals surface area contributed by atoms with Gasteiger partial charge in [0, 0.05) is 15.3 Å². The molecule has 0 aromatic heterocycles. The molecule has 1 N–H and O–H groups in total. The van der Waals surface area contributed by atoms with Gasteiger partial charge in [-0.05, 0) is 71.2 Å². The average Bonchev–Trinajstić information content (AvgIpc) is 2.56. The molecule has 4 nitrogen and oxygen atoms in total. The summed E-state index contributed by atoms with van der Waals surface area (Å²) in [5.74, 6) is 0.467. The number of rotatable bonds is 4. The van der Waals surface area contributed by atoms with Gasteiger partial charge in [-0.3, -0.25) is 10.1 Å². The second-order valence-corrected chi connectivity index (χ2v) is 7.25. The number of halogens is 1. The van der Waals surface area contributed by atoms with Gasteiger partial charge in [-0.25, -0.2) is 0 Å². The van der Waals surface area contributed by atoms with Crippen molar-refractivity contribution in [3.63, 3.8) is 0 Å². The van der Waals surface area contributed by atoms with E-state index < -0.39 is 0 Å². The van der Waals surface area contributed by atoms with Crippen LogP contribution in [0.3, 0.4) is 0 Å². The first-order chi connectivity index (χ1) is 11.1. The molecule has 2 aromatic carbocycles. The van der Waals surface area contributed by atoms with E-state index in [1.54, 1.807) is 6.07 Å². The standard InChI is InChI=1S/C18H19IN2O2/c19-15-7-4-8-16(12-15)20-17-10-9-14(11-18(17)21(22)23)13-5-2-1-3-6-13/h4,7-13,20H,1-3,5-6H2. The molecule has 0 bridgehead atoms. The molecule has 0 aliphatic heterocycles. The van der Waals surface area contributed by atoms with Gasteiger partial charge < -0.3 is 5.32 Å². The topological polar surface area (TPSA) is 55.2 Å². The fourth-order valence-corrected chi connectivity index (χ4v) is 3.76. The highest BCUT2D eigenvalue weighted by Gasteiger charge is 2.21. The zero-order chi connectivity index (χ0) is 16.2.